The van der Waals surface area contributed by atoms with Crippen molar-refractivity contribution in [2.24, 2.45) is 5.73 Å². The Morgan fingerprint density at radius 2 is 1.79 bits per heavy atom. The van der Waals surface area contributed by atoms with Gasteiger partial charge in [-0.1, -0.05) is 31.5 Å². The lowest BCUT2D eigenvalue weighted by molar-refractivity contribution is -0.119. The lowest BCUT2D eigenvalue weighted by Gasteiger charge is -2.11. The van der Waals surface area contributed by atoms with E-state index < -0.39 is 11.8 Å². The van der Waals surface area contributed by atoms with E-state index in [4.69, 9.17) is 10.5 Å². The molecule has 0 radical (unpaired) electrons. The summed E-state index contributed by atoms with van der Waals surface area (Å²) in [5.74, 6) is -0.533. The Kier molecular flexibility index (Phi) is 6.23. The minimum Gasteiger partial charge on any atom is -0.484 e. The van der Waals surface area contributed by atoms with Gasteiger partial charge in [0.15, 0.2) is 12.3 Å². The summed E-state index contributed by atoms with van der Waals surface area (Å²) in [6, 6.07) is 13.5. The van der Waals surface area contributed by atoms with Crippen molar-refractivity contribution in [3.05, 3.63) is 64.6 Å². The van der Waals surface area contributed by atoms with Crippen molar-refractivity contribution in [3.8, 4) is 5.75 Å². The SMILES string of the molecule is CCCCn1nc(C(=O)Nc2ccc(OCC(N)=O)cc2)c2ccccc2c1=O. The largest absolute Gasteiger partial charge is 0.484 e. The third kappa shape index (κ3) is 4.78. The van der Waals surface area contributed by atoms with Crippen LogP contribution in [0.2, 0.25) is 0 Å². The number of unbranched alkanes of at least 4 members (excludes halogenated alkanes) is 1. The normalized spacial score (nSPS) is 10.7. The zero-order valence-corrected chi connectivity index (χ0v) is 16.1. The second-order valence-electron chi connectivity index (χ2n) is 6.51. The van der Waals surface area contributed by atoms with Gasteiger partial charge in [-0.15, -0.1) is 0 Å². The number of amides is 2. The highest BCUT2D eigenvalue weighted by atomic mass is 16.5. The summed E-state index contributed by atoms with van der Waals surface area (Å²) >= 11 is 0. The number of anilines is 1. The molecular formula is C21H22N4O4. The maximum atomic E-state index is 12.9. The summed E-state index contributed by atoms with van der Waals surface area (Å²) < 4.78 is 6.55. The molecule has 3 aromatic rings. The lowest BCUT2D eigenvalue weighted by atomic mass is 10.1. The number of rotatable bonds is 8. The zero-order chi connectivity index (χ0) is 20.8. The van der Waals surface area contributed by atoms with Crippen LogP contribution < -0.4 is 21.3 Å². The number of aryl methyl sites for hydroxylation is 1. The van der Waals surface area contributed by atoms with Crippen LogP contribution in [0.25, 0.3) is 10.8 Å². The topological polar surface area (TPSA) is 116 Å². The third-order valence-corrected chi connectivity index (χ3v) is 4.30. The van der Waals surface area contributed by atoms with Crippen molar-refractivity contribution in [3.63, 3.8) is 0 Å². The third-order valence-electron chi connectivity index (χ3n) is 4.30. The van der Waals surface area contributed by atoms with Crippen LogP contribution in [-0.2, 0) is 11.3 Å². The summed E-state index contributed by atoms with van der Waals surface area (Å²) in [7, 11) is 0. The van der Waals surface area contributed by atoms with Gasteiger partial charge in [-0.05, 0) is 36.8 Å². The van der Waals surface area contributed by atoms with Gasteiger partial charge >= 0.3 is 0 Å². The number of hydrogen-bond donors (Lipinski definition) is 2. The molecule has 0 aliphatic rings. The predicted octanol–water partition coefficient (Wildman–Crippen LogP) is 2.31. The highest BCUT2D eigenvalue weighted by Gasteiger charge is 2.16. The van der Waals surface area contributed by atoms with Crippen LogP contribution in [0.5, 0.6) is 5.75 Å². The zero-order valence-electron chi connectivity index (χ0n) is 16.1. The van der Waals surface area contributed by atoms with Gasteiger partial charge in [0, 0.05) is 17.6 Å². The van der Waals surface area contributed by atoms with Crippen LogP contribution in [0.1, 0.15) is 30.3 Å². The standard InChI is InChI=1S/C21H22N4O4/c1-2-3-12-25-21(28)17-7-5-4-6-16(17)19(24-25)20(27)23-14-8-10-15(11-9-14)29-13-18(22)26/h4-11H,2-3,12-13H2,1H3,(H2,22,26)(H,23,27). The molecule has 0 aliphatic heterocycles. The fourth-order valence-electron chi connectivity index (χ4n) is 2.84. The number of benzene rings is 2. The molecule has 0 unspecified atom stereocenters. The highest BCUT2D eigenvalue weighted by molar-refractivity contribution is 6.11. The number of nitrogens with zero attached hydrogens (tertiary/aromatic N) is 2. The van der Waals surface area contributed by atoms with E-state index in [1.165, 1.54) is 4.68 Å². The van der Waals surface area contributed by atoms with Crippen molar-refractivity contribution >= 4 is 28.3 Å². The molecule has 0 saturated carbocycles. The molecule has 1 aromatic heterocycles. The number of ether oxygens (including phenoxy) is 1. The van der Waals surface area contributed by atoms with Gasteiger partial charge in [0.2, 0.25) is 0 Å². The molecule has 3 N–H and O–H groups in total. The van der Waals surface area contributed by atoms with Crippen LogP contribution >= 0.6 is 0 Å². The first-order valence-electron chi connectivity index (χ1n) is 9.32. The maximum Gasteiger partial charge on any atom is 0.276 e. The minimum absolute atomic E-state index is 0.186. The molecular weight excluding hydrogens is 372 g/mol. The van der Waals surface area contributed by atoms with Crippen molar-refractivity contribution in [1.29, 1.82) is 0 Å². The average molecular weight is 394 g/mol. The van der Waals surface area contributed by atoms with Gasteiger partial charge in [0.25, 0.3) is 17.4 Å². The minimum atomic E-state index is -0.571. The van der Waals surface area contributed by atoms with Gasteiger partial charge in [0.1, 0.15) is 5.75 Å². The quantitative estimate of drug-likeness (QED) is 0.608. The van der Waals surface area contributed by atoms with Crippen LogP contribution in [0.3, 0.4) is 0 Å². The number of aromatic nitrogens is 2. The average Bonchev–Trinajstić information content (AvgIpc) is 2.73. The van der Waals surface area contributed by atoms with Crippen molar-refractivity contribution in [1.82, 2.24) is 9.78 Å². The Balaban J connectivity index is 1.87. The Hall–Kier alpha value is -3.68. The monoisotopic (exact) mass is 394 g/mol. The molecule has 1 heterocycles. The van der Waals surface area contributed by atoms with Crippen LogP contribution in [0.4, 0.5) is 5.69 Å². The molecule has 8 heteroatoms. The Morgan fingerprint density at radius 1 is 1.10 bits per heavy atom. The molecule has 0 spiro atoms. The molecule has 0 aliphatic carbocycles. The number of fused-ring (bicyclic) bond motifs is 1. The van der Waals surface area contributed by atoms with Crippen molar-refractivity contribution in [2.45, 2.75) is 26.3 Å². The number of carbonyl (C=O) groups is 2. The molecule has 8 nitrogen and oxygen atoms in total. The molecule has 0 saturated heterocycles. The van der Waals surface area contributed by atoms with Gasteiger partial charge in [-0.3, -0.25) is 14.4 Å². The number of carbonyl (C=O) groups excluding carboxylic acids is 2. The van der Waals surface area contributed by atoms with Crippen molar-refractivity contribution in [2.75, 3.05) is 11.9 Å². The summed E-state index contributed by atoms with van der Waals surface area (Å²) in [6.07, 6.45) is 1.70. The first-order chi connectivity index (χ1) is 14.0. The van der Waals surface area contributed by atoms with E-state index in [1.54, 1.807) is 48.5 Å². The maximum absolute atomic E-state index is 12.9. The Morgan fingerprint density at radius 3 is 2.45 bits per heavy atom. The van der Waals surface area contributed by atoms with Gasteiger partial charge < -0.3 is 15.8 Å². The molecule has 3 rings (SSSR count). The van der Waals surface area contributed by atoms with Crippen LogP contribution in [0.15, 0.2) is 53.3 Å². The van der Waals surface area contributed by atoms with Gasteiger partial charge in [-0.25, -0.2) is 4.68 Å². The van der Waals surface area contributed by atoms with Crippen molar-refractivity contribution < 1.29 is 14.3 Å². The van der Waals surface area contributed by atoms with E-state index in [0.717, 1.165) is 12.8 Å². The van der Waals surface area contributed by atoms with Gasteiger partial charge in [0.05, 0.1) is 5.39 Å². The van der Waals surface area contributed by atoms with Crippen LogP contribution in [0, 0.1) is 0 Å². The molecule has 150 valence electrons. The molecule has 0 bridgehead atoms. The van der Waals surface area contributed by atoms with E-state index in [9.17, 15) is 14.4 Å². The van der Waals surface area contributed by atoms with E-state index in [1.807, 2.05) is 6.92 Å². The van der Waals surface area contributed by atoms with E-state index in [-0.39, 0.29) is 17.9 Å². The fraction of sp³-hybridized carbons (Fsp3) is 0.238. The molecule has 2 amide bonds. The number of nitrogens with one attached hydrogen (secondary N) is 1. The molecule has 29 heavy (non-hydrogen) atoms. The summed E-state index contributed by atoms with van der Waals surface area (Å²) in [5, 5.41) is 8.06. The fourth-order valence-corrected chi connectivity index (χ4v) is 2.84. The first kappa shape index (κ1) is 20.1. The Bertz CT molecular complexity index is 1090. The highest BCUT2D eigenvalue weighted by Crippen LogP contribution is 2.18. The van der Waals surface area contributed by atoms with Gasteiger partial charge in [-0.2, -0.15) is 5.10 Å². The van der Waals surface area contributed by atoms with E-state index in [2.05, 4.69) is 10.4 Å². The smallest absolute Gasteiger partial charge is 0.276 e. The van der Waals surface area contributed by atoms with Crippen LogP contribution in [-0.4, -0.2) is 28.2 Å². The number of primary amides is 1. The predicted molar refractivity (Wildman–Crippen MR) is 110 cm³/mol. The second-order valence-corrected chi connectivity index (χ2v) is 6.51. The second kappa shape index (κ2) is 9.01. The molecule has 0 fully saturated rings. The lowest BCUT2D eigenvalue weighted by Crippen LogP contribution is -2.27. The molecule has 0 atom stereocenters. The first-order valence-corrected chi connectivity index (χ1v) is 9.32. The summed E-state index contributed by atoms with van der Waals surface area (Å²) in [4.78, 5) is 36.3. The Labute approximate surface area is 167 Å². The van der Waals surface area contributed by atoms with E-state index >= 15 is 0 Å². The number of nitrogens with two attached hydrogens (primary N) is 1. The van der Waals surface area contributed by atoms with E-state index in [0.29, 0.717) is 28.8 Å². The summed E-state index contributed by atoms with van der Waals surface area (Å²) in [5.41, 5.74) is 5.55. The summed E-state index contributed by atoms with van der Waals surface area (Å²) in [6.45, 7) is 2.25. The number of hydrogen-bond acceptors (Lipinski definition) is 5. The molecule has 2 aromatic carbocycles.